The van der Waals surface area contributed by atoms with Gasteiger partial charge in [0.1, 0.15) is 0 Å². The third-order valence-corrected chi connectivity index (χ3v) is 3.10. The predicted molar refractivity (Wildman–Crippen MR) is 77.0 cm³/mol. The van der Waals surface area contributed by atoms with Gasteiger partial charge < -0.3 is 0 Å². The summed E-state index contributed by atoms with van der Waals surface area (Å²) in [6, 6.07) is 5.37. The quantitative estimate of drug-likeness (QED) is 0.756. The Morgan fingerprint density at radius 1 is 1.22 bits per heavy atom. The van der Waals surface area contributed by atoms with Crippen molar-refractivity contribution >= 4 is 35.1 Å². The highest BCUT2D eigenvalue weighted by molar-refractivity contribution is 6.34. The number of rotatable bonds is 2. The second-order valence-corrected chi connectivity index (χ2v) is 5.05. The maximum atomic E-state index is 11.3. The molecule has 0 aliphatic heterocycles. The van der Waals surface area contributed by atoms with Gasteiger partial charge in [-0.05, 0) is 60.4 Å². The Balaban J connectivity index is 2.35. The van der Waals surface area contributed by atoms with Crippen LogP contribution in [0.4, 0.5) is 0 Å². The second-order valence-electron chi connectivity index (χ2n) is 4.18. The van der Waals surface area contributed by atoms with Crippen molar-refractivity contribution in [2.45, 2.75) is 13.3 Å². The van der Waals surface area contributed by atoms with Crippen molar-refractivity contribution in [2.75, 3.05) is 0 Å². The predicted octanol–water partition coefficient (Wildman–Crippen LogP) is 4.85. The molecule has 0 aromatic heterocycles. The molecule has 1 aliphatic carbocycles. The van der Waals surface area contributed by atoms with Crippen molar-refractivity contribution in [3.05, 3.63) is 63.2 Å². The van der Waals surface area contributed by atoms with Crippen molar-refractivity contribution in [3.8, 4) is 0 Å². The molecule has 1 nitrogen and oxygen atoms in total. The smallest absolute Gasteiger partial charge is 0.156 e. The average Bonchev–Trinajstić information content (AvgIpc) is 2.27. The molecule has 0 heterocycles. The first-order chi connectivity index (χ1) is 8.54. The third-order valence-electron chi connectivity index (χ3n) is 2.66. The van der Waals surface area contributed by atoms with Gasteiger partial charge in [0.15, 0.2) is 5.78 Å². The van der Waals surface area contributed by atoms with Crippen molar-refractivity contribution in [1.29, 1.82) is 0 Å². The minimum absolute atomic E-state index is 0.106. The molecule has 92 valence electrons. The highest BCUT2D eigenvalue weighted by Gasteiger charge is 2.06. The summed E-state index contributed by atoms with van der Waals surface area (Å²) in [5.41, 5.74) is 2.72. The lowest BCUT2D eigenvalue weighted by Crippen LogP contribution is -1.98. The maximum Gasteiger partial charge on any atom is 0.156 e. The van der Waals surface area contributed by atoms with Crippen LogP contribution in [0.2, 0.25) is 10.0 Å². The standard InChI is InChI=1S/C15H12Cl2O/c1-10(18)13-4-2-3-11(6-13)5-12-7-14(16)9-15(17)8-12/h2-3,5-9H,4H2,1H3/b11-5-. The minimum Gasteiger partial charge on any atom is -0.295 e. The molecule has 0 unspecified atom stereocenters. The zero-order valence-electron chi connectivity index (χ0n) is 9.91. The molecular weight excluding hydrogens is 267 g/mol. The Labute approximate surface area is 116 Å². The van der Waals surface area contributed by atoms with E-state index in [0.717, 1.165) is 16.7 Å². The van der Waals surface area contributed by atoms with Crippen LogP contribution in [0.1, 0.15) is 18.9 Å². The van der Waals surface area contributed by atoms with Gasteiger partial charge in [-0.25, -0.2) is 0 Å². The fourth-order valence-corrected chi connectivity index (χ4v) is 2.36. The van der Waals surface area contributed by atoms with E-state index >= 15 is 0 Å². The number of carbonyl (C=O) groups excluding carboxylic acids is 1. The normalized spacial score (nSPS) is 16.8. The Bertz CT molecular complexity index is 560. The topological polar surface area (TPSA) is 17.1 Å². The lowest BCUT2D eigenvalue weighted by atomic mass is 9.98. The number of hydrogen-bond donors (Lipinski definition) is 0. The zero-order valence-corrected chi connectivity index (χ0v) is 11.4. The first-order valence-corrected chi connectivity index (χ1v) is 6.36. The van der Waals surface area contributed by atoms with E-state index < -0.39 is 0 Å². The molecule has 0 atom stereocenters. The summed E-state index contributed by atoms with van der Waals surface area (Å²) in [4.78, 5) is 11.3. The molecular formula is C15H12Cl2O. The van der Waals surface area contributed by atoms with Gasteiger partial charge in [-0.15, -0.1) is 0 Å². The highest BCUT2D eigenvalue weighted by atomic mass is 35.5. The Morgan fingerprint density at radius 2 is 1.89 bits per heavy atom. The fourth-order valence-electron chi connectivity index (χ4n) is 1.82. The van der Waals surface area contributed by atoms with E-state index in [0.29, 0.717) is 16.5 Å². The summed E-state index contributed by atoms with van der Waals surface area (Å²) >= 11 is 11.9. The van der Waals surface area contributed by atoms with Crippen LogP contribution in [-0.2, 0) is 4.79 Å². The van der Waals surface area contributed by atoms with Crippen LogP contribution >= 0.6 is 23.2 Å². The molecule has 0 bridgehead atoms. The van der Waals surface area contributed by atoms with E-state index in [2.05, 4.69) is 0 Å². The van der Waals surface area contributed by atoms with Crippen molar-refractivity contribution in [2.24, 2.45) is 0 Å². The lowest BCUT2D eigenvalue weighted by Gasteiger charge is -2.07. The van der Waals surface area contributed by atoms with Gasteiger partial charge in [-0.3, -0.25) is 4.79 Å². The average molecular weight is 279 g/mol. The van der Waals surface area contributed by atoms with E-state index in [4.69, 9.17) is 23.2 Å². The summed E-state index contributed by atoms with van der Waals surface area (Å²) < 4.78 is 0. The zero-order chi connectivity index (χ0) is 13.1. The van der Waals surface area contributed by atoms with Crippen LogP contribution in [0.25, 0.3) is 6.08 Å². The number of ketones is 1. The van der Waals surface area contributed by atoms with E-state index in [-0.39, 0.29) is 5.78 Å². The first-order valence-electron chi connectivity index (χ1n) is 5.60. The van der Waals surface area contributed by atoms with Crippen LogP contribution in [-0.4, -0.2) is 5.78 Å². The minimum atomic E-state index is 0.106. The summed E-state index contributed by atoms with van der Waals surface area (Å²) in [5, 5.41) is 1.20. The molecule has 0 radical (unpaired) electrons. The van der Waals surface area contributed by atoms with Gasteiger partial charge in [-0.2, -0.15) is 0 Å². The van der Waals surface area contributed by atoms with Gasteiger partial charge in [0, 0.05) is 10.0 Å². The Kier molecular flexibility index (Phi) is 4.05. The number of allylic oxidation sites excluding steroid dienone is 5. The SMILES string of the molecule is CC(=O)C1=C/C(=C\c2cc(Cl)cc(Cl)c2)C=CC1. The molecule has 0 saturated carbocycles. The maximum absolute atomic E-state index is 11.3. The Morgan fingerprint density at radius 3 is 2.50 bits per heavy atom. The van der Waals surface area contributed by atoms with Crippen LogP contribution < -0.4 is 0 Å². The summed E-state index contributed by atoms with van der Waals surface area (Å²) in [6.07, 6.45) is 8.52. The first kappa shape index (κ1) is 13.1. The van der Waals surface area contributed by atoms with Crippen LogP contribution in [0, 0.1) is 0 Å². The molecule has 0 fully saturated rings. The second kappa shape index (κ2) is 5.55. The molecule has 2 rings (SSSR count). The molecule has 0 N–H and O–H groups in total. The lowest BCUT2D eigenvalue weighted by molar-refractivity contribution is -0.113. The molecule has 0 spiro atoms. The number of carbonyl (C=O) groups is 1. The third kappa shape index (κ3) is 3.34. The highest BCUT2D eigenvalue weighted by Crippen LogP contribution is 2.23. The van der Waals surface area contributed by atoms with E-state index in [1.165, 1.54) is 0 Å². The molecule has 3 heteroatoms. The largest absolute Gasteiger partial charge is 0.295 e. The monoisotopic (exact) mass is 278 g/mol. The summed E-state index contributed by atoms with van der Waals surface area (Å²) in [7, 11) is 0. The number of hydrogen-bond acceptors (Lipinski definition) is 1. The molecule has 18 heavy (non-hydrogen) atoms. The van der Waals surface area contributed by atoms with Crippen LogP contribution in [0.5, 0.6) is 0 Å². The molecule has 1 aliphatic rings. The van der Waals surface area contributed by atoms with Crippen LogP contribution in [0.15, 0.2) is 47.6 Å². The number of Topliss-reactive ketones (excluding diaryl/α,β-unsaturated/α-hetero) is 1. The van der Waals surface area contributed by atoms with Gasteiger partial charge >= 0.3 is 0 Å². The van der Waals surface area contributed by atoms with Crippen molar-refractivity contribution < 1.29 is 4.79 Å². The Hall–Kier alpha value is -1.31. The van der Waals surface area contributed by atoms with Gasteiger partial charge in [0.2, 0.25) is 0 Å². The van der Waals surface area contributed by atoms with Gasteiger partial charge in [0.05, 0.1) is 0 Å². The number of benzene rings is 1. The van der Waals surface area contributed by atoms with Gasteiger partial charge in [0.25, 0.3) is 0 Å². The molecule has 0 saturated heterocycles. The van der Waals surface area contributed by atoms with E-state index in [1.54, 1.807) is 13.0 Å². The fraction of sp³-hybridized carbons (Fsp3) is 0.133. The molecule has 1 aromatic carbocycles. The van der Waals surface area contributed by atoms with Gasteiger partial charge in [-0.1, -0.05) is 35.4 Å². The number of halogens is 2. The van der Waals surface area contributed by atoms with Crippen molar-refractivity contribution in [1.82, 2.24) is 0 Å². The summed E-state index contributed by atoms with van der Waals surface area (Å²) in [6.45, 7) is 1.58. The molecule has 0 amide bonds. The van der Waals surface area contributed by atoms with Crippen molar-refractivity contribution in [3.63, 3.8) is 0 Å². The summed E-state index contributed by atoms with van der Waals surface area (Å²) in [5.74, 6) is 0.106. The van der Waals surface area contributed by atoms with E-state index in [9.17, 15) is 4.79 Å². The van der Waals surface area contributed by atoms with Crippen LogP contribution in [0.3, 0.4) is 0 Å². The van der Waals surface area contributed by atoms with E-state index in [1.807, 2.05) is 36.4 Å². The molecule has 1 aromatic rings.